The largest absolute Gasteiger partial charge is 0.378 e. The summed E-state index contributed by atoms with van der Waals surface area (Å²) >= 11 is 0. The van der Waals surface area contributed by atoms with Crippen molar-refractivity contribution in [2.45, 2.75) is 89.2 Å². The fraction of sp³-hybridized carbons (Fsp3) is 0.909. The van der Waals surface area contributed by atoms with Crippen molar-refractivity contribution in [2.24, 2.45) is 10.9 Å². The third kappa shape index (κ3) is 6.64. The van der Waals surface area contributed by atoms with Crippen LogP contribution in [0.2, 0.25) is 0 Å². The van der Waals surface area contributed by atoms with Crippen LogP contribution < -0.4 is 10.6 Å². The highest BCUT2D eigenvalue weighted by atomic mass is 16.5. The molecule has 28 heavy (non-hydrogen) atoms. The van der Waals surface area contributed by atoms with Crippen LogP contribution in [0.1, 0.15) is 77.0 Å². The topological polar surface area (TPSA) is 66.0 Å². The monoisotopic (exact) mass is 392 g/mol. The number of hydrogen-bond donors (Lipinski definition) is 2. The number of carbonyl (C=O) groups is 1. The van der Waals surface area contributed by atoms with Gasteiger partial charge >= 0.3 is 0 Å². The Hall–Kier alpha value is -1.30. The number of amides is 1. The molecule has 3 fully saturated rings. The van der Waals surface area contributed by atoms with Gasteiger partial charge in [-0.1, -0.05) is 38.5 Å². The van der Waals surface area contributed by atoms with Gasteiger partial charge in [0.2, 0.25) is 5.91 Å². The number of nitrogens with zero attached hydrogens (tertiary/aromatic N) is 2. The Morgan fingerprint density at radius 2 is 1.75 bits per heavy atom. The van der Waals surface area contributed by atoms with Gasteiger partial charge < -0.3 is 20.3 Å². The number of aliphatic imine (C=N–C) groups is 1. The summed E-state index contributed by atoms with van der Waals surface area (Å²) in [4.78, 5) is 19.1. The number of likely N-dealkylation sites (tertiary alicyclic amines) is 1. The van der Waals surface area contributed by atoms with Gasteiger partial charge in [-0.3, -0.25) is 9.79 Å². The molecular formula is C22H40N4O2. The quantitative estimate of drug-likeness (QED) is 0.397. The molecule has 1 saturated heterocycles. The predicted molar refractivity (Wildman–Crippen MR) is 113 cm³/mol. The standard InChI is InChI=1S/C22H40N4O2/c1-23-22(24-14-8-16-28-20-11-6-3-7-12-20)25-19-13-15-26(17-19)21(27)18-9-4-2-5-10-18/h18-20H,2-17H2,1H3,(H2,23,24,25). The molecule has 2 aliphatic carbocycles. The molecule has 2 N–H and O–H groups in total. The van der Waals surface area contributed by atoms with Gasteiger partial charge in [0.25, 0.3) is 0 Å². The zero-order chi connectivity index (χ0) is 19.6. The van der Waals surface area contributed by atoms with Gasteiger partial charge in [-0.05, 0) is 38.5 Å². The average molecular weight is 393 g/mol. The molecule has 1 atom stereocenters. The van der Waals surface area contributed by atoms with Crippen LogP contribution in [0.4, 0.5) is 0 Å². The van der Waals surface area contributed by atoms with E-state index in [0.29, 0.717) is 18.1 Å². The van der Waals surface area contributed by atoms with Crippen LogP contribution in [0.15, 0.2) is 4.99 Å². The van der Waals surface area contributed by atoms with E-state index in [1.807, 2.05) is 7.05 Å². The predicted octanol–water partition coefficient (Wildman–Crippen LogP) is 3.07. The minimum Gasteiger partial charge on any atom is -0.378 e. The number of guanidine groups is 1. The Balaban J connectivity index is 1.29. The Morgan fingerprint density at radius 1 is 1.04 bits per heavy atom. The number of ether oxygens (including phenoxy) is 1. The lowest BCUT2D eigenvalue weighted by Crippen LogP contribution is -2.46. The van der Waals surface area contributed by atoms with Crippen molar-refractivity contribution in [3.05, 3.63) is 0 Å². The maximum Gasteiger partial charge on any atom is 0.225 e. The van der Waals surface area contributed by atoms with E-state index < -0.39 is 0 Å². The molecule has 1 heterocycles. The van der Waals surface area contributed by atoms with E-state index in [0.717, 1.165) is 57.9 Å². The summed E-state index contributed by atoms with van der Waals surface area (Å²) in [5.74, 6) is 1.50. The molecular weight excluding hydrogens is 352 g/mol. The normalized spacial score (nSPS) is 25.1. The number of carbonyl (C=O) groups excluding carboxylic acids is 1. The molecule has 0 aromatic rings. The Labute approximate surface area is 170 Å². The second kappa shape index (κ2) is 11.6. The maximum atomic E-state index is 12.7. The molecule has 0 spiro atoms. The summed E-state index contributed by atoms with van der Waals surface area (Å²) in [6, 6.07) is 0.303. The summed E-state index contributed by atoms with van der Waals surface area (Å²) in [6.45, 7) is 3.37. The SMILES string of the molecule is CN=C(NCCCOC1CCCCC1)NC1CCN(C(=O)C2CCCCC2)C1. The lowest BCUT2D eigenvalue weighted by atomic mass is 9.88. The zero-order valence-electron chi connectivity index (χ0n) is 17.8. The van der Waals surface area contributed by atoms with E-state index >= 15 is 0 Å². The van der Waals surface area contributed by atoms with Gasteiger partial charge in [0, 0.05) is 45.2 Å². The van der Waals surface area contributed by atoms with Crippen LogP contribution in [-0.2, 0) is 9.53 Å². The van der Waals surface area contributed by atoms with Crippen molar-refractivity contribution < 1.29 is 9.53 Å². The molecule has 1 amide bonds. The molecule has 6 heteroatoms. The summed E-state index contributed by atoms with van der Waals surface area (Å²) < 4.78 is 5.99. The van der Waals surface area contributed by atoms with Crippen molar-refractivity contribution in [2.75, 3.05) is 33.3 Å². The van der Waals surface area contributed by atoms with Crippen LogP contribution in [0, 0.1) is 5.92 Å². The summed E-state index contributed by atoms with van der Waals surface area (Å²) in [6.07, 6.45) is 14.8. The number of nitrogens with one attached hydrogen (secondary N) is 2. The van der Waals surface area contributed by atoms with Gasteiger partial charge in [-0.25, -0.2) is 0 Å². The summed E-state index contributed by atoms with van der Waals surface area (Å²) in [7, 11) is 1.81. The molecule has 6 nitrogen and oxygen atoms in total. The van der Waals surface area contributed by atoms with Crippen LogP contribution in [0.25, 0.3) is 0 Å². The number of rotatable bonds is 7. The van der Waals surface area contributed by atoms with E-state index in [1.165, 1.54) is 51.4 Å². The van der Waals surface area contributed by atoms with Crippen molar-refractivity contribution in [1.29, 1.82) is 0 Å². The van der Waals surface area contributed by atoms with Crippen LogP contribution >= 0.6 is 0 Å². The average Bonchev–Trinajstić information content (AvgIpc) is 3.22. The molecule has 0 aromatic heterocycles. The highest BCUT2D eigenvalue weighted by molar-refractivity contribution is 5.81. The van der Waals surface area contributed by atoms with E-state index in [4.69, 9.17) is 4.74 Å². The molecule has 0 aromatic carbocycles. The van der Waals surface area contributed by atoms with Crippen LogP contribution in [0.3, 0.4) is 0 Å². The summed E-state index contributed by atoms with van der Waals surface area (Å²) in [5, 5.41) is 6.89. The van der Waals surface area contributed by atoms with Gasteiger partial charge in [0.05, 0.1) is 6.10 Å². The Bertz CT molecular complexity index is 499. The lowest BCUT2D eigenvalue weighted by Gasteiger charge is -2.26. The maximum absolute atomic E-state index is 12.7. The van der Waals surface area contributed by atoms with Crippen molar-refractivity contribution in [1.82, 2.24) is 15.5 Å². The fourth-order valence-electron chi connectivity index (χ4n) is 4.83. The molecule has 0 radical (unpaired) electrons. The third-order valence-electron chi connectivity index (χ3n) is 6.54. The Morgan fingerprint density at radius 3 is 2.46 bits per heavy atom. The van der Waals surface area contributed by atoms with Crippen molar-refractivity contribution in [3.8, 4) is 0 Å². The minimum absolute atomic E-state index is 0.272. The first-order valence-electron chi connectivity index (χ1n) is 11.6. The molecule has 3 rings (SSSR count). The lowest BCUT2D eigenvalue weighted by molar-refractivity contribution is -0.135. The second-order valence-electron chi connectivity index (χ2n) is 8.73. The first-order chi connectivity index (χ1) is 13.8. The van der Waals surface area contributed by atoms with E-state index in [2.05, 4.69) is 20.5 Å². The van der Waals surface area contributed by atoms with Gasteiger partial charge in [-0.2, -0.15) is 0 Å². The van der Waals surface area contributed by atoms with Gasteiger partial charge in [0.1, 0.15) is 0 Å². The zero-order valence-corrected chi connectivity index (χ0v) is 17.8. The van der Waals surface area contributed by atoms with Crippen LogP contribution in [-0.4, -0.2) is 62.2 Å². The van der Waals surface area contributed by atoms with E-state index in [-0.39, 0.29) is 5.92 Å². The summed E-state index contributed by atoms with van der Waals surface area (Å²) in [5.41, 5.74) is 0. The highest BCUT2D eigenvalue weighted by Gasteiger charge is 2.31. The minimum atomic E-state index is 0.272. The van der Waals surface area contributed by atoms with Gasteiger partial charge in [-0.15, -0.1) is 0 Å². The third-order valence-corrected chi connectivity index (χ3v) is 6.54. The first-order valence-corrected chi connectivity index (χ1v) is 11.6. The molecule has 160 valence electrons. The molecule has 3 aliphatic rings. The highest BCUT2D eigenvalue weighted by Crippen LogP contribution is 2.26. The van der Waals surface area contributed by atoms with Gasteiger partial charge in [0.15, 0.2) is 5.96 Å². The smallest absolute Gasteiger partial charge is 0.225 e. The molecule has 0 bridgehead atoms. The van der Waals surface area contributed by atoms with E-state index in [1.54, 1.807) is 0 Å². The van der Waals surface area contributed by atoms with Crippen molar-refractivity contribution >= 4 is 11.9 Å². The first kappa shape index (κ1) is 21.4. The Kier molecular flexibility index (Phi) is 8.90. The van der Waals surface area contributed by atoms with Crippen LogP contribution in [0.5, 0.6) is 0 Å². The molecule has 1 aliphatic heterocycles. The number of hydrogen-bond acceptors (Lipinski definition) is 3. The fourth-order valence-corrected chi connectivity index (χ4v) is 4.83. The molecule has 2 saturated carbocycles. The molecule has 1 unspecified atom stereocenters. The second-order valence-corrected chi connectivity index (χ2v) is 8.73. The van der Waals surface area contributed by atoms with E-state index in [9.17, 15) is 4.79 Å². The van der Waals surface area contributed by atoms with Crippen molar-refractivity contribution in [3.63, 3.8) is 0 Å².